The first kappa shape index (κ1) is 32.7. The Morgan fingerprint density at radius 2 is 1.70 bits per heavy atom. The van der Waals surface area contributed by atoms with Crippen LogP contribution in [-0.2, 0) is 14.3 Å². The van der Waals surface area contributed by atoms with Gasteiger partial charge in [-0.25, -0.2) is 14.0 Å². The predicted molar refractivity (Wildman–Crippen MR) is 160 cm³/mol. The van der Waals surface area contributed by atoms with Crippen molar-refractivity contribution in [2.75, 3.05) is 6.54 Å². The lowest BCUT2D eigenvalue weighted by Crippen LogP contribution is -2.60. The number of primary amides is 1. The average molecular weight is 602 g/mol. The van der Waals surface area contributed by atoms with Crippen molar-refractivity contribution >= 4 is 23.9 Å². The van der Waals surface area contributed by atoms with Crippen LogP contribution in [0.2, 0.25) is 0 Å². The summed E-state index contributed by atoms with van der Waals surface area (Å²) in [6.07, 6.45) is 6.90. The van der Waals surface area contributed by atoms with Crippen molar-refractivity contribution < 1.29 is 33.4 Å². The number of hydrogen-bond donors (Lipinski definition) is 3. The number of nitrogens with one attached hydrogen (secondary N) is 1. The number of halogens is 1. The van der Waals surface area contributed by atoms with Crippen molar-refractivity contribution in [1.82, 2.24) is 10.2 Å². The van der Waals surface area contributed by atoms with E-state index in [4.69, 9.17) is 10.5 Å². The third kappa shape index (κ3) is 6.83. The minimum Gasteiger partial charge on any atom is -0.478 e. The molecule has 4 rings (SSSR count). The zero-order valence-electron chi connectivity index (χ0n) is 26.2. The number of nitrogens with two attached hydrogens (primary N) is 1. The number of ether oxygens (including phenoxy) is 1. The van der Waals surface area contributed by atoms with E-state index in [0.717, 1.165) is 44.9 Å². The van der Waals surface area contributed by atoms with E-state index in [0.29, 0.717) is 12.8 Å². The highest BCUT2D eigenvalue weighted by Gasteiger charge is 2.60. The van der Waals surface area contributed by atoms with Gasteiger partial charge in [-0.15, -0.1) is 0 Å². The van der Waals surface area contributed by atoms with Gasteiger partial charge in [0.15, 0.2) is 0 Å². The Hall–Kier alpha value is -3.17. The smallest absolute Gasteiger partial charge is 0.407 e. The summed E-state index contributed by atoms with van der Waals surface area (Å²) in [6.45, 7) is 9.22. The van der Waals surface area contributed by atoms with Gasteiger partial charge in [-0.1, -0.05) is 44.2 Å². The van der Waals surface area contributed by atoms with Crippen molar-refractivity contribution in [3.63, 3.8) is 0 Å². The molecule has 2 saturated carbocycles. The van der Waals surface area contributed by atoms with Crippen molar-refractivity contribution in [1.29, 1.82) is 0 Å². The second-order valence-corrected chi connectivity index (χ2v) is 14.1. The molecule has 9 nitrogen and oxygen atoms in total. The van der Waals surface area contributed by atoms with Crippen LogP contribution in [0, 0.1) is 29.5 Å². The number of likely N-dealkylation sites (tertiary alicyclic amines) is 1. The van der Waals surface area contributed by atoms with Gasteiger partial charge in [0.1, 0.15) is 17.0 Å². The van der Waals surface area contributed by atoms with Crippen LogP contribution in [0.15, 0.2) is 18.2 Å². The number of carbonyl (C=O) groups excluding carboxylic acids is 3. The van der Waals surface area contributed by atoms with Crippen molar-refractivity contribution in [3.05, 3.63) is 35.1 Å². The number of hydrogen-bond acceptors (Lipinski definition) is 5. The first-order chi connectivity index (χ1) is 20.1. The summed E-state index contributed by atoms with van der Waals surface area (Å²) in [5.41, 5.74) is 4.00. The molecule has 1 aliphatic heterocycles. The summed E-state index contributed by atoms with van der Waals surface area (Å²) in [6, 6.07) is 4.22. The Kier molecular flexibility index (Phi) is 9.76. The zero-order valence-corrected chi connectivity index (χ0v) is 26.2. The van der Waals surface area contributed by atoms with Gasteiger partial charge >= 0.3 is 12.1 Å². The highest BCUT2D eigenvalue weighted by molar-refractivity contribution is 5.92. The molecule has 1 aromatic rings. The molecule has 0 spiro atoms. The molecular weight excluding hydrogens is 553 g/mol. The van der Waals surface area contributed by atoms with E-state index in [2.05, 4.69) is 5.32 Å². The maximum atomic E-state index is 15.7. The second-order valence-electron chi connectivity index (χ2n) is 14.1. The van der Waals surface area contributed by atoms with Crippen molar-refractivity contribution in [2.24, 2.45) is 29.4 Å². The molecule has 2 aliphatic carbocycles. The fraction of sp³-hybridized carbons (Fsp3) is 0.697. The zero-order chi connectivity index (χ0) is 31.7. The Morgan fingerprint density at radius 1 is 1.07 bits per heavy atom. The van der Waals surface area contributed by atoms with Gasteiger partial charge < -0.3 is 25.8 Å². The lowest BCUT2D eigenvalue weighted by molar-refractivity contribution is -0.149. The molecule has 1 saturated heterocycles. The third-order valence-corrected chi connectivity index (χ3v) is 10.2. The Morgan fingerprint density at radius 3 is 2.26 bits per heavy atom. The summed E-state index contributed by atoms with van der Waals surface area (Å²) >= 11 is 0. The highest BCUT2D eigenvalue weighted by atomic mass is 19.1. The van der Waals surface area contributed by atoms with Crippen LogP contribution in [0.4, 0.5) is 9.18 Å². The molecule has 2 unspecified atom stereocenters. The van der Waals surface area contributed by atoms with Gasteiger partial charge in [-0.3, -0.25) is 9.59 Å². The van der Waals surface area contributed by atoms with E-state index in [9.17, 15) is 24.3 Å². The first-order valence-corrected chi connectivity index (χ1v) is 15.8. The fourth-order valence-electron chi connectivity index (χ4n) is 7.96. The summed E-state index contributed by atoms with van der Waals surface area (Å²) in [4.78, 5) is 53.2. The number of carbonyl (C=O) groups is 4. The Bertz CT molecular complexity index is 1220. The van der Waals surface area contributed by atoms with Crippen LogP contribution in [0.3, 0.4) is 0 Å². The quantitative estimate of drug-likeness (QED) is 0.371. The van der Waals surface area contributed by atoms with Crippen LogP contribution in [0.25, 0.3) is 0 Å². The van der Waals surface area contributed by atoms with Crippen LogP contribution in [-0.4, -0.2) is 57.6 Å². The van der Waals surface area contributed by atoms with E-state index in [1.807, 2.05) is 27.7 Å². The maximum absolute atomic E-state index is 15.7. The Balaban J connectivity index is 1.58. The number of benzene rings is 1. The first-order valence-electron chi connectivity index (χ1n) is 15.8. The number of carboxylic acids is 1. The maximum Gasteiger partial charge on any atom is 0.407 e. The van der Waals surface area contributed by atoms with E-state index >= 15 is 4.39 Å². The van der Waals surface area contributed by atoms with E-state index in [-0.39, 0.29) is 41.8 Å². The molecule has 4 N–H and O–H groups in total. The van der Waals surface area contributed by atoms with Crippen molar-refractivity contribution in [2.45, 2.75) is 116 Å². The third-order valence-electron chi connectivity index (χ3n) is 10.2. The number of aromatic carboxylic acids is 1. The van der Waals surface area contributed by atoms with Crippen LogP contribution in [0.5, 0.6) is 0 Å². The number of rotatable bonds is 7. The minimum atomic E-state index is -1.36. The molecule has 10 heteroatoms. The Labute approximate surface area is 254 Å². The average Bonchev–Trinajstić information content (AvgIpc) is 3.26. The van der Waals surface area contributed by atoms with Crippen LogP contribution < -0.4 is 11.1 Å². The summed E-state index contributed by atoms with van der Waals surface area (Å²) in [7, 11) is 0. The van der Waals surface area contributed by atoms with Crippen LogP contribution in [0.1, 0.15) is 114 Å². The SMILES string of the molecule is CC(NC(=O)OC(C)(C)C)C1CCC(C(=O)N2CC(c3cccc(C(=O)O)c3F)[C@@H](C3CCCCC3)[C@@]2(C)C(N)=O)CC1. The number of amides is 3. The van der Waals surface area contributed by atoms with Gasteiger partial charge in [0, 0.05) is 30.3 Å². The summed E-state index contributed by atoms with van der Waals surface area (Å²) in [5, 5.41) is 12.5. The number of carboxylic acid groups (broad SMARTS) is 1. The molecule has 1 heterocycles. The monoisotopic (exact) mass is 601 g/mol. The predicted octanol–water partition coefficient (Wildman–Crippen LogP) is 5.61. The highest BCUT2D eigenvalue weighted by Crippen LogP contribution is 2.53. The minimum absolute atomic E-state index is 0.0532. The molecule has 1 aromatic carbocycles. The van der Waals surface area contributed by atoms with Gasteiger partial charge in [0.25, 0.3) is 0 Å². The lowest BCUT2D eigenvalue weighted by atomic mass is 9.66. The number of alkyl carbamates (subject to hydrolysis) is 1. The molecule has 238 valence electrons. The largest absolute Gasteiger partial charge is 0.478 e. The van der Waals surface area contributed by atoms with E-state index < -0.39 is 52.3 Å². The molecule has 3 fully saturated rings. The number of nitrogens with zero attached hydrogens (tertiary/aromatic N) is 1. The molecule has 0 bridgehead atoms. The molecule has 3 amide bonds. The summed E-state index contributed by atoms with van der Waals surface area (Å²) < 4.78 is 21.1. The molecule has 4 atom stereocenters. The molecule has 43 heavy (non-hydrogen) atoms. The second kappa shape index (κ2) is 12.8. The molecule has 0 aromatic heterocycles. The normalized spacial score (nSPS) is 29.1. The molecule has 0 radical (unpaired) electrons. The van der Waals surface area contributed by atoms with Crippen molar-refractivity contribution in [3.8, 4) is 0 Å². The standard InChI is InChI=1S/C33H48FN3O6/c1-19(36-31(42)43-32(2,3)4)20-14-16-22(17-15-20)28(38)37-18-25(23-12-9-13-24(27(23)34)29(39)40)26(33(37,5)30(35)41)21-10-7-6-8-11-21/h9,12-13,19-22,25-26H,6-8,10-11,14-18H2,1-5H3,(H2,35,41)(H,36,42)(H,39,40)/t19?,20?,22?,25?,26-,33+/m1/s1. The van der Waals surface area contributed by atoms with Gasteiger partial charge in [-0.05, 0) is 83.8 Å². The summed E-state index contributed by atoms with van der Waals surface area (Å²) in [5.74, 6) is -4.03. The molecule has 3 aliphatic rings. The lowest BCUT2D eigenvalue weighted by Gasteiger charge is -2.43. The van der Waals surface area contributed by atoms with Gasteiger partial charge in [0.2, 0.25) is 11.8 Å². The van der Waals surface area contributed by atoms with Gasteiger partial charge in [-0.2, -0.15) is 0 Å². The fourth-order valence-corrected chi connectivity index (χ4v) is 7.96. The molecular formula is C33H48FN3O6. The topological polar surface area (TPSA) is 139 Å². The van der Waals surface area contributed by atoms with E-state index in [1.54, 1.807) is 17.9 Å². The van der Waals surface area contributed by atoms with Gasteiger partial charge in [0.05, 0.1) is 5.56 Å². The van der Waals surface area contributed by atoms with E-state index in [1.165, 1.54) is 12.1 Å². The van der Waals surface area contributed by atoms with Crippen LogP contribution >= 0.6 is 0 Å².